The van der Waals surface area contributed by atoms with Crippen LogP contribution in [-0.4, -0.2) is 31.8 Å². The monoisotopic (exact) mass is 400 g/mol. The van der Waals surface area contributed by atoms with Gasteiger partial charge in [-0.1, -0.05) is 0 Å². The van der Waals surface area contributed by atoms with Gasteiger partial charge in [-0.15, -0.1) is 0 Å². The highest BCUT2D eigenvalue weighted by atomic mass is 79.9. The quantitative estimate of drug-likeness (QED) is 0.140. The lowest BCUT2D eigenvalue weighted by Gasteiger charge is -2.05. The van der Waals surface area contributed by atoms with Crippen LogP contribution in [0, 0.1) is 0 Å². The van der Waals surface area contributed by atoms with Gasteiger partial charge in [-0.05, 0) is 35.3 Å². The number of phenols is 3. The van der Waals surface area contributed by atoms with Crippen LogP contribution < -0.4 is 21.5 Å². The van der Waals surface area contributed by atoms with Crippen LogP contribution in [0.3, 0.4) is 0 Å². The lowest BCUT2D eigenvalue weighted by Crippen LogP contribution is -3.00. The molecular formula is C15H17BrN2O4S. The Morgan fingerprint density at radius 2 is 1.91 bits per heavy atom. The van der Waals surface area contributed by atoms with E-state index >= 15 is 0 Å². The average Bonchev–Trinajstić information content (AvgIpc) is 2.50. The molecule has 0 bridgehead atoms. The first kappa shape index (κ1) is 19.2. The van der Waals surface area contributed by atoms with E-state index in [1.165, 1.54) is 0 Å². The molecule has 1 aromatic carbocycles. The van der Waals surface area contributed by atoms with Gasteiger partial charge in [0.25, 0.3) is 0 Å². The Kier molecular flexibility index (Phi) is 7.31. The molecule has 1 aromatic heterocycles. The van der Waals surface area contributed by atoms with Gasteiger partial charge >= 0.3 is 5.16 Å². The predicted octanol–water partition coefficient (Wildman–Crippen LogP) is -1.22. The summed E-state index contributed by atoms with van der Waals surface area (Å²) < 4.78 is 1.91. The summed E-state index contributed by atoms with van der Waals surface area (Å²) in [6.07, 6.45) is 4.55. The number of rotatable bonds is 6. The number of carbonyl (C=O) groups excluding carboxylic acids is 1. The van der Waals surface area contributed by atoms with Gasteiger partial charge in [0.1, 0.15) is 6.20 Å². The molecular weight excluding hydrogens is 384 g/mol. The second-order valence-corrected chi connectivity index (χ2v) is 5.81. The van der Waals surface area contributed by atoms with Gasteiger partial charge < -0.3 is 32.3 Å². The zero-order valence-corrected chi connectivity index (χ0v) is 14.8. The number of thioether (sulfide) groups is 1. The minimum absolute atomic E-state index is 0. The Morgan fingerprint density at radius 3 is 2.52 bits per heavy atom. The number of nitrogens with zero attached hydrogens (tertiary/aromatic N) is 2. The first-order valence-electron chi connectivity index (χ1n) is 6.70. The van der Waals surface area contributed by atoms with Crippen molar-refractivity contribution in [2.75, 3.05) is 5.75 Å². The molecule has 8 heteroatoms. The van der Waals surface area contributed by atoms with E-state index in [0.29, 0.717) is 6.42 Å². The molecule has 0 aliphatic rings. The van der Waals surface area contributed by atoms with Gasteiger partial charge in [-0.25, -0.2) is 4.57 Å². The van der Waals surface area contributed by atoms with Crippen LogP contribution in [0.5, 0.6) is 17.2 Å². The summed E-state index contributed by atoms with van der Waals surface area (Å²) in [6.45, 7) is 0. The zero-order valence-electron chi connectivity index (χ0n) is 12.4. The van der Waals surface area contributed by atoms with Crippen LogP contribution >= 0.6 is 11.8 Å². The molecule has 0 fully saturated rings. The molecule has 0 saturated heterocycles. The highest BCUT2D eigenvalue weighted by Gasteiger charge is 2.14. The van der Waals surface area contributed by atoms with Gasteiger partial charge in [-0.2, -0.15) is 0 Å². The number of aromatic hydroxyl groups is 3. The van der Waals surface area contributed by atoms with Crippen molar-refractivity contribution in [2.45, 2.75) is 18.0 Å². The van der Waals surface area contributed by atoms with Crippen molar-refractivity contribution in [2.24, 2.45) is 7.05 Å². The highest BCUT2D eigenvalue weighted by molar-refractivity contribution is 7.99. The standard InChI is InChI=1S/C15H16N2O4S.BrH/c1-17-6-3-5-16-15(17)22-7-2-4-11(18)10-8-12(19)14(21)13(20)9-10;/h3,5-6,8-9H,2,4,7H2,1H3,(H2-,18,19,20,21);1H. The van der Waals surface area contributed by atoms with E-state index < -0.39 is 17.2 Å². The number of benzene rings is 1. The number of aromatic nitrogens is 2. The molecule has 2 aromatic rings. The molecule has 0 aliphatic carbocycles. The molecule has 0 atom stereocenters. The lowest BCUT2D eigenvalue weighted by molar-refractivity contribution is -0.713. The highest BCUT2D eigenvalue weighted by Crippen LogP contribution is 2.35. The summed E-state index contributed by atoms with van der Waals surface area (Å²) >= 11 is 1.55. The van der Waals surface area contributed by atoms with Crippen molar-refractivity contribution in [3.63, 3.8) is 0 Å². The van der Waals surface area contributed by atoms with Crippen LogP contribution in [0.15, 0.2) is 35.7 Å². The summed E-state index contributed by atoms with van der Waals surface area (Å²) in [6, 6.07) is 4.16. The topological polar surface area (TPSA) is 94.5 Å². The first-order chi connectivity index (χ1) is 10.5. The third kappa shape index (κ3) is 5.11. The van der Waals surface area contributed by atoms with Crippen molar-refractivity contribution < 1.29 is 41.7 Å². The van der Waals surface area contributed by atoms with Gasteiger partial charge in [0.2, 0.25) is 0 Å². The Balaban J connectivity index is 0.00000264. The van der Waals surface area contributed by atoms with Crippen molar-refractivity contribution in [3.8, 4) is 17.2 Å². The van der Waals surface area contributed by atoms with Gasteiger partial charge in [0.05, 0.1) is 13.2 Å². The maximum atomic E-state index is 12.0. The Morgan fingerprint density at radius 1 is 1.26 bits per heavy atom. The number of halogens is 1. The Hall–Kier alpha value is -1.80. The van der Waals surface area contributed by atoms with E-state index in [4.69, 9.17) is 0 Å². The largest absolute Gasteiger partial charge is 1.00 e. The fourth-order valence-electron chi connectivity index (χ4n) is 1.87. The minimum Gasteiger partial charge on any atom is -1.00 e. The van der Waals surface area contributed by atoms with Gasteiger partial charge in [0, 0.05) is 23.8 Å². The maximum absolute atomic E-state index is 12.0. The molecule has 0 amide bonds. The number of ketones is 1. The average molecular weight is 401 g/mol. The van der Waals surface area contributed by atoms with Crippen molar-refractivity contribution in [1.29, 1.82) is 0 Å². The second-order valence-electron chi connectivity index (χ2n) is 4.75. The molecule has 0 spiro atoms. The number of phenolic OH excluding ortho intramolecular Hbond substituents is 3. The van der Waals surface area contributed by atoms with Crippen LogP contribution in [0.4, 0.5) is 0 Å². The van der Waals surface area contributed by atoms with Gasteiger partial charge in [0.15, 0.2) is 23.0 Å². The number of hydrogen-bond acceptors (Lipinski definition) is 6. The minimum atomic E-state index is -0.616. The molecule has 124 valence electrons. The van der Waals surface area contributed by atoms with Crippen LogP contribution in [0.25, 0.3) is 0 Å². The molecule has 6 nitrogen and oxygen atoms in total. The maximum Gasteiger partial charge on any atom is 0.358 e. The molecule has 0 radical (unpaired) electrons. The zero-order chi connectivity index (χ0) is 16.1. The number of carbonyl (C=O) groups is 1. The van der Waals surface area contributed by atoms with Crippen molar-refractivity contribution >= 4 is 17.5 Å². The molecule has 23 heavy (non-hydrogen) atoms. The van der Waals surface area contributed by atoms with Crippen LogP contribution in [-0.2, 0) is 7.05 Å². The lowest BCUT2D eigenvalue weighted by atomic mass is 10.1. The van der Waals surface area contributed by atoms with Crippen molar-refractivity contribution in [1.82, 2.24) is 4.98 Å². The molecule has 3 N–H and O–H groups in total. The third-order valence-corrected chi connectivity index (χ3v) is 4.20. The number of hydrogen-bond donors (Lipinski definition) is 3. The van der Waals surface area contributed by atoms with E-state index in [0.717, 1.165) is 23.0 Å². The molecule has 0 unspecified atom stereocenters. The molecule has 1 heterocycles. The van der Waals surface area contributed by atoms with Gasteiger partial charge in [-0.3, -0.25) is 4.79 Å². The SMILES string of the molecule is C[n+]1cccnc1SCCCC(=O)c1cc(O)c(O)c(O)c1.[Br-]. The van der Waals surface area contributed by atoms with E-state index in [9.17, 15) is 20.1 Å². The van der Waals surface area contributed by atoms with E-state index in [1.807, 2.05) is 23.9 Å². The normalized spacial score (nSPS) is 10.1. The van der Waals surface area contributed by atoms with Crippen LogP contribution in [0.2, 0.25) is 0 Å². The summed E-state index contributed by atoms with van der Waals surface area (Å²) in [4.78, 5) is 16.2. The number of Topliss-reactive ketones (excluding diaryl/α,β-unsaturated/α-hetero) is 1. The second kappa shape index (κ2) is 8.73. The summed E-state index contributed by atoms with van der Waals surface area (Å²) in [5.41, 5.74) is 0.182. The fraction of sp³-hybridized carbons (Fsp3) is 0.267. The summed E-state index contributed by atoms with van der Waals surface area (Å²) in [5.74, 6) is -1.09. The van der Waals surface area contributed by atoms with E-state index in [-0.39, 0.29) is 34.7 Å². The fourth-order valence-corrected chi connectivity index (χ4v) is 2.75. The Labute approximate surface area is 148 Å². The first-order valence-corrected chi connectivity index (χ1v) is 7.69. The number of aryl methyl sites for hydroxylation is 1. The van der Waals surface area contributed by atoms with Crippen LogP contribution in [0.1, 0.15) is 23.2 Å². The third-order valence-electron chi connectivity index (χ3n) is 3.05. The smallest absolute Gasteiger partial charge is 0.358 e. The molecule has 0 aliphatic heterocycles. The molecule has 0 saturated carbocycles. The predicted molar refractivity (Wildman–Crippen MR) is 81.1 cm³/mol. The summed E-state index contributed by atoms with van der Waals surface area (Å²) in [7, 11) is 1.91. The van der Waals surface area contributed by atoms with E-state index in [1.54, 1.807) is 18.0 Å². The Bertz CT molecular complexity index is 674. The van der Waals surface area contributed by atoms with E-state index in [2.05, 4.69) is 4.98 Å². The summed E-state index contributed by atoms with van der Waals surface area (Å²) in [5, 5.41) is 28.9. The molecule has 2 rings (SSSR count). The van der Waals surface area contributed by atoms with Crippen molar-refractivity contribution in [3.05, 3.63) is 36.2 Å².